The summed E-state index contributed by atoms with van der Waals surface area (Å²) in [6.45, 7) is 1.94. The summed E-state index contributed by atoms with van der Waals surface area (Å²) < 4.78 is 0. The van der Waals surface area contributed by atoms with Crippen LogP contribution in [0.15, 0.2) is 46.7 Å². The number of amides is 4. The molecule has 1 aliphatic heterocycles. The molecular formula is C20H21N5O3S. The Bertz CT molecular complexity index is 958. The fourth-order valence-electron chi connectivity index (χ4n) is 3.77. The zero-order valence-corrected chi connectivity index (χ0v) is 16.7. The van der Waals surface area contributed by atoms with Crippen molar-refractivity contribution >= 4 is 35.3 Å². The maximum absolute atomic E-state index is 12.7. The number of nitrogens with one attached hydrogen (secondary N) is 3. The number of urea groups is 1. The van der Waals surface area contributed by atoms with Crippen LogP contribution in [-0.2, 0) is 9.59 Å². The minimum atomic E-state index is -0.845. The number of carbonyl (C=O) groups excluding carboxylic acids is 3. The average Bonchev–Trinajstić information content (AvgIpc) is 2.98. The van der Waals surface area contributed by atoms with Gasteiger partial charge in [0.05, 0.1) is 0 Å². The Morgan fingerprint density at radius 2 is 1.93 bits per heavy atom. The normalized spacial score (nSPS) is 23.6. The highest BCUT2D eigenvalue weighted by molar-refractivity contribution is 7.99. The summed E-state index contributed by atoms with van der Waals surface area (Å²) in [5.74, 6) is -0.524. The standard InChI is InChI=1S/C20H21N5O3S/c1-12-11-14(29-19-21-9-2-10-22-19)3-4-15(12)23-16(26)13-5-7-20(8-6-13)17(27)24-18(28)25-20/h2-4,9-11,13H,5-8H2,1H3,(H,23,26)(H2,24,25,27,28). The Kier molecular flexibility index (Phi) is 5.23. The van der Waals surface area contributed by atoms with E-state index in [1.54, 1.807) is 18.5 Å². The molecule has 9 heteroatoms. The van der Waals surface area contributed by atoms with Crippen molar-refractivity contribution < 1.29 is 14.4 Å². The molecule has 4 rings (SSSR count). The van der Waals surface area contributed by atoms with Crippen molar-refractivity contribution in [2.75, 3.05) is 5.32 Å². The van der Waals surface area contributed by atoms with Crippen molar-refractivity contribution in [3.8, 4) is 0 Å². The summed E-state index contributed by atoms with van der Waals surface area (Å²) in [7, 11) is 0. The van der Waals surface area contributed by atoms with Gasteiger partial charge in [0.15, 0.2) is 5.16 Å². The van der Waals surface area contributed by atoms with Gasteiger partial charge >= 0.3 is 6.03 Å². The molecule has 0 unspecified atom stereocenters. The molecule has 150 valence electrons. The fourth-order valence-corrected chi connectivity index (χ4v) is 4.58. The van der Waals surface area contributed by atoms with Gasteiger partial charge in [0.25, 0.3) is 5.91 Å². The first kappa shape index (κ1) is 19.4. The molecule has 0 bridgehead atoms. The number of carbonyl (C=O) groups is 3. The van der Waals surface area contributed by atoms with Crippen LogP contribution in [0.5, 0.6) is 0 Å². The number of rotatable bonds is 4. The van der Waals surface area contributed by atoms with Gasteiger partial charge in [0.1, 0.15) is 5.54 Å². The first-order valence-corrected chi connectivity index (χ1v) is 10.3. The van der Waals surface area contributed by atoms with E-state index in [2.05, 4.69) is 25.9 Å². The number of hydrogen-bond acceptors (Lipinski definition) is 6. The zero-order valence-electron chi connectivity index (χ0n) is 15.9. The summed E-state index contributed by atoms with van der Waals surface area (Å²) in [5.41, 5.74) is 0.872. The molecule has 2 heterocycles. The second-order valence-electron chi connectivity index (χ2n) is 7.36. The lowest BCUT2D eigenvalue weighted by Gasteiger charge is -2.33. The average molecular weight is 411 g/mol. The van der Waals surface area contributed by atoms with Crippen molar-refractivity contribution in [3.05, 3.63) is 42.2 Å². The van der Waals surface area contributed by atoms with E-state index in [9.17, 15) is 14.4 Å². The summed E-state index contributed by atoms with van der Waals surface area (Å²) in [4.78, 5) is 45.6. The van der Waals surface area contributed by atoms with Gasteiger partial charge in [-0.25, -0.2) is 14.8 Å². The summed E-state index contributed by atoms with van der Waals surface area (Å²) in [5, 5.41) is 8.68. The van der Waals surface area contributed by atoms with Crippen molar-refractivity contribution in [3.63, 3.8) is 0 Å². The first-order chi connectivity index (χ1) is 13.9. The molecule has 0 radical (unpaired) electrons. The molecule has 1 aromatic carbocycles. The van der Waals surface area contributed by atoms with E-state index in [0.29, 0.717) is 30.8 Å². The predicted octanol–water partition coefficient (Wildman–Crippen LogP) is 2.64. The number of aryl methyl sites for hydroxylation is 1. The molecule has 3 N–H and O–H groups in total. The summed E-state index contributed by atoms with van der Waals surface area (Å²) >= 11 is 1.46. The van der Waals surface area contributed by atoms with Crippen LogP contribution in [0.1, 0.15) is 31.2 Å². The second kappa shape index (κ2) is 7.82. The van der Waals surface area contributed by atoms with E-state index in [4.69, 9.17) is 0 Å². The third-order valence-electron chi connectivity index (χ3n) is 5.43. The molecule has 4 amide bonds. The predicted molar refractivity (Wildman–Crippen MR) is 107 cm³/mol. The summed E-state index contributed by atoms with van der Waals surface area (Å²) in [6, 6.07) is 7.12. The summed E-state index contributed by atoms with van der Waals surface area (Å²) in [6.07, 6.45) is 5.44. The minimum Gasteiger partial charge on any atom is -0.326 e. The first-order valence-electron chi connectivity index (χ1n) is 9.45. The van der Waals surface area contributed by atoms with E-state index in [1.807, 2.05) is 25.1 Å². The van der Waals surface area contributed by atoms with E-state index in [1.165, 1.54) is 11.8 Å². The number of imide groups is 1. The lowest BCUT2D eigenvalue weighted by Crippen LogP contribution is -2.50. The third kappa shape index (κ3) is 4.09. The zero-order chi connectivity index (χ0) is 20.4. The largest absolute Gasteiger partial charge is 0.326 e. The van der Waals surface area contributed by atoms with Gasteiger partial charge in [0, 0.05) is 28.9 Å². The van der Waals surface area contributed by atoms with Gasteiger partial charge < -0.3 is 10.6 Å². The molecule has 8 nitrogen and oxygen atoms in total. The number of hydrogen-bond donors (Lipinski definition) is 3. The SMILES string of the molecule is Cc1cc(Sc2ncccn2)ccc1NC(=O)C1CCC2(CC1)NC(=O)NC2=O. The second-order valence-corrected chi connectivity index (χ2v) is 8.40. The van der Waals surface area contributed by atoms with Crippen LogP contribution in [0, 0.1) is 12.8 Å². The van der Waals surface area contributed by atoms with Crippen molar-refractivity contribution in [2.45, 2.75) is 48.2 Å². The third-order valence-corrected chi connectivity index (χ3v) is 6.31. The quantitative estimate of drug-likeness (QED) is 0.527. The van der Waals surface area contributed by atoms with Gasteiger partial charge in [-0.15, -0.1) is 0 Å². The molecule has 2 aromatic rings. The molecule has 29 heavy (non-hydrogen) atoms. The number of nitrogens with zero attached hydrogens (tertiary/aromatic N) is 2. The monoisotopic (exact) mass is 411 g/mol. The van der Waals surface area contributed by atoms with Crippen LogP contribution in [0.25, 0.3) is 0 Å². The number of aromatic nitrogens is 2. The van der Waals surface area contributed by atoms with Gasteiger partial charge in [-0.1, -0.05) is 0 Å². The van der Waals surface area contributed by atoms with Gasteiger partial charge in [-0.2, -0.15) is 0 Å². The Morgan fingerprint density at radius 3 is 2.55 bits per heavy atom. The van der Waals surface area contributed by atoms with Crippen LogP contribution in [0.3, 0.4) is 0 Å². The number of benzene rings is 1. The van der Waals surface area contributed by atoms with Crippen molar-refractivity contribution in [1.29, 1.82) is 0 Å². The van der Waals surface area contributed by atoms with Crippen LogP contribution in [0.4, 0.5) is 10.5 Å². The van der Waals surface area contributed by atoms with Crippen LogP contribution in [0.2, 0.25) is 0 Å². The maximum atomic E-state index is 12.7. The van der Waals surface area contributed by atoms with Crippen molar-refractivity contribution in [1.82, 2.24) is 20.6 Å². The molecule has 2 aliphatic rings. The molecular weight excluding hydrogens is 390 g/mol. The highest BCUT2D eigenvalue weighted by atomic mass is 32.2. The van der Waals surface area contributed by atoms with E-state index < -0.39 is 11.6 Å². The highest BCUT2D eigenvalue weighted by Gasteiger charge is 2.48. The molecule has 1 aliphatic carbocycles. The van der Waals surface area contributed by atoms with Gasteiger partial charge in [-0.3, -0.25) is 14.9 Å². The Morgan fingerprint density at radius 1 is 1.21 bits per heavy atom. The lowest BCUT2D eigenvalue weighted by molar-refractivity contribution is -0.128. The van der Waals surface area contributed by atoms with Crippen molar-refractivity contribution in [2.24, 2.45) is 5.92 Å². The Hall–Kier alpha value is -2.94. The van der Waals surface area contributed by atoms with Crippen LogP contribution >= 0.6 is 11.8 Å². The lowest BCUT2D eigenvalue weighted by atomic mass is 9.76. The maximum Gasteiger partial charge on any atom is 0.322 e. The van der Waals surface area contributed by atoms with E-state index in [-0.39, 0.29) is 17.7 Å². The molecule has 1 saturated carbocycles. The molecule has 0 atom stereocenters. The molecule has 1 aromatic heterocycles. The van der Waals surface area contributed by atoms with Gasteiger partial charge in [0.2, 0.25) is 5.91 Å². The van der Waals surface area contributed by atoms with Gasteiger partial charge in [-0.05, 0) is 74.2 Å². The van der Waals surface area contributed by atoms with Crippen LogP contribution < -0.4 is 16.0 Å². The van der Waals surface area contributed by atoms with E-state index in [0.717, 1.165) is 16.1 Å². The van der Waals surface area contributed by atoms with E-state index >= 15 is 0 Å². The fraction of sp³-hybridized carbons (Fsp3) is 0.350. The molecule has 1 saturated heterocycles. The highest BCUT2D eigenvalue weighted by Crippen LogP contribution is 2.35. The number of anilines is 1. The van der Waals surface area contributed by atoms with Crippen LogP contribution in [-0.4, -0.2) is 33.4 Å². The minimum absolute atomic E-state index is 0.0560. The Balaban J connectivity index is 1.36. The smallest absolute Gasteiger partial charge is 0.322 e. The topological polar surface area (TPSA) is 113 Å². The molecule has 2 fully saturated rings. The Labute approximate surface area is 172 Å². The molecule has 1 spiro atoms.